The SMILES string of the molecule is CCCCCCCCC/C=C/CCCCCC(CC(=O)NC(CO)C(O)CCCCCCCCCCCCCC)OC(=O)CCCCCCCCCCCC. The molecule has 0 saturated carbocycles. The van der Waals surface area contributed by atoms with E-state index in [9.17, 15) is 19.8 Å². The van der Waals surface area contributed by atoms with Crippen molar-refractivity contribution in [3.8, 4) is 0 Å². The Balaban J connectivity index is 4.57. The molecule has 1 amide bonds. The Morgan fingerprint density at radius 1 is 0.509 bits per heavy atom. The van der Waals surface area contributed by atoms with Gasteiger partial charge in [0.05, 0.1) is 25.2 Å². The van der Waals surface area contributed by atoms with Crippen LogP contribution in [-0.2, 0) is 14.3 Å². The maximum Gasteiger partial charge on any atom is 0.306 e. The van der Waals surface area contributed by atoms with Gasteiger partial charge in [-0.1, -0.05) is 213 Å². The Hall–Kier alpha value is -1.40. The van der Waals surface area contributed by atoms with E-state index in [0.29, 0.717) is 19.3 Å². The zero-order chi connectivity index (χ0) is 40.3. The van der Waals surface area contributed by atoms with Crippen LogP contribution in [0.15, 0.2) is 12.2 Å². The van der Waals surface area contributed by atoms with Crippen LogP contribution in [0.1, 0.15) is 265 Å². The van der Waals surface area contributed by atoms with Gasteiger partial charge in [-0.25, -0.2) is 0 Å². The molecule has 0 aliphatic heterocycles. The number of aliphatic hydroxyl groups is 2. The Morgan fingerprint density at radius 3 is 1.31 bits per heavy atom. The second-order valence-electron chi connectivity index (χ2n) is 16.9. The molecule has 0 bridgehead atoms. The summed E-state index contributed by atoms with van der Waals surface area (Å²) < 4.78 is 5.90. The van der Waals surface area contributed by atoms with Gasteiger partial charge in [0.15, 0.2) is 0 Å². The molecular weight excluding hydrogens is 683 g/mol. The molecule has 0 heterocycles. The molecule has 3 N–H and O–H groups in total. The van der Waals surface area contributed by atoms with E-state index in [-0.39, 0.29) is 24.9 Å². The van der Waals surface area contributed by atoms with E-state index in [1.807, 2.05) is 0 Å². The quantitative estimate of drug-likeness (QED) is 0.0325. The summed E-state index contributed by atoms with van der Waals surface area (Å²) in [5.74, 6) is -0.478. The number of nitrogens with one attached hydrogen (secondary N) is 1. The van der Waals surface area contributed by atoms with Gasteiger partial charge in [-0.3, -0.25) is 9.59 Å². The first-order valence-electron chi connectivity index (χ1n) is 24.4. The molecule has 0 saturated heterocycles. The van der Waals surface area contributed by atoms with E-state index in [1.54, 1.807) is 0 Å². The third-order valence-electron chi connectivity index (χ3n) is 11.3. The van der Waals surface area contributed by atoms with E-state index < -0.39 is 18.2 Å². The molecule has 0 aliphatic rings. The van der Waals surface area contributed by atoms with Crippen LogP contribution in [0.5, 0.6) is 0 Å². The van der Waals surface area contributed by atoms with Crippen LogP contribution in [0.3, 0.4) is 0 Å². The van der Waals surface area contributed by atoms with Gasteiger partial charge in [-0.2, -0.15) is 0 Å². The second kappa shape index (κ2) is 43.7. The monoisotopic (exact) mass is 778 g/mol. The Labute approximate surface area is 342 Å². The van der Waals surface area contributed by atoms with Crippen molar-refractivity contribution in [1.29, 1.82) is 0 Å². The lowest BCUT2D eigenvalue weighted by atomic mass is 10.0. The molecule has 6 heteroatoms. The van der Waals surface area contributed by atoms with Crippen LogP contribution in [0.25, 0.3) is 0 Å². The van der Waals surface area contributed by atoms with Gasteiger partial charge in [-0.15, -0.1) is 0 Å². The van der Waals surface area contributed by atoms with Crippen molar-refractivity contribution in [3.05, 3.63) is 12.2 Å². The van der Waals surface area contributed by atoms with Crippen LogP contribution in [0.4, 0.5) is 0 Å². The highest BCUT2D eigenvalue weighted by Crippen LogP contribution is 2.18. The zero-order valence-corrected chi connectivity index (χ0v) is 37.1. The largest absolute Gasteiger partial charge is 0.462 e. The van der Waals surface area contributed by atoms with Crippen LogP contribution in [0.2, 0.25) is 0 Å². The maximum atomic E-state index is 13.1. The molecule has 0 aromatic rings. The number of carbonyl (C=O) groups is 2. The molecule has 0 rings (SSSR count). The van der Waals surface area contributed by atoms with Gasteiger partial charge in [0.1, 0.15) is 6.10 Å². The number of ether oxygens (including phenoxy) is 1. The van der Waals surface area contributed by atoms with Crippen molar-refractivity contribution in [2.24, 2.45) is 0 Å². The first-order chi connectivity index (χ1) is 27.0. The number of unbranched alkanes of at least 4 members (excludes halogenated alkanes) is 30. The summed E-state index contributed by atoms with van der Waals surface area (Å²) in [6, 6.07) is -0.698. The molecule has 0 radical (unpaired) electrons. The number of rotatable bonds is 44. The van der Waals surface area contributed by atoms with Crippen molar-refractivity contribution >= 4 is 11.9 Å². The second-order valence-corrected chi connectivity index (χ2v) is 16.9. The fourth-order valence-electron chi connectivity index (χ4n) is 7.60. The zero-order valence-electron chi connectivity index (χ0n) is 37.1. The van der Waals surface area contributed by atoms with Crippen LogP contribution in [-0.4, -0.2) is 46.9 Å². The van der Waals surface area contributed by atoms with E-state index in [0.717, 1.165) is 57.8 Å². The number of carbonyl (C=O) groups excluding carboxylic acids is 2. The highest BCUT2D eigenvalue weighted by Gasteiger charge is 2.24. The minimum Gasteiger partial charge on any atom is -0.462 e. The fourth-order valence-corrected chi connectivity index (χ4v) is 7.60. The number of hydrogen-bond donors (Lipinski definition) is 3. The molecular formula is C49H95NO5. The van der Waals surface area contributed by atoms with Crippen molar-refractivity contribution < 1.29 is 24.5 Å². The first-order valence-corrected chi connectivity index (χ1v) is 24.4. The summed E-state index contributed by atoms with van der Waals surface area (Å²) >= 11 is 0. The summed E-state index contributed by atoms with van der Waals surface area (Å²) in [7, 11) is 0. The first kappa shape index (κ1) is 53.6. The minimum atomic E-state index is -0.784. The van der Waals surface area contributed by atoms with Crippen LogP contribution >= 0.6 is 0 Å². The molecule has 0 aromatic heterocycles. The molecule has 0 fully saturated rings. The lowest BCUT2D eigenvalue weighted by molar-refractivity contribution is -0.151. The highest BCUT2D eigenvalue weighted by molar-refractivity contribution is 5.77. The van der Waals surface area contributed by atoms with Crippen LogP contribution < -0.4 is 5.32 Å². The van der Waals surface area contributed by atoms with Gasteiger partial charge in [-0.05, 0) is 51.4 Å². The standard InChI is InChI=1S/C49H95NO5/c1-4-7-10-13-16-19-22-24-25-26-28-31-34-37-40-45(55-49(54)42-39-36-33-30-21-18-15-12-9-6-3)43-48(53)50-46(44-51)47(52)41-38-35-32-29-27-23-20-17-14-11-8-5-2/h25-26,45-47,51-52H,4-24,27-44H2,1-3H3,(H,50,53)/b26-25+. The number of esters is 1. The minimum absolute atomic E-state index is 0.0734. The predicted octanol–water partition coefficient (Wildman–Crippen LogP) is 14.2. The van der Waals surface area contributed by atoms with Crippen molar-refractivity contribution in [2.75, 3.05) is 6.61 Å². The number of aliphatic hydroxyl groups excluding tert-OH is 2. The molecule has 6 nitrogen and oxygen atoms in total. The van der Waals surface area contributed by atoms with E-state index in [4.69, 9.17) is 4.74 Å². The van der Waals surface area contributed by atoms with E-state index in [1.165, 1.54) is 161 Å². The summed E-state index contributed by atoms with van der Waals surface area (Å²) in [6.45, 7) is 6.47. The summed E-state index contributed by atoms with van der Waals surface area (Å²) in [5, 5.41) is 23.7. The number of amides is 1. The third kappa shape index (κ3) is 39.2. The van der Waals surface area contributed by atoms with Gasteiger partial charge < -0.3 is 20.3 Å². The van der Waals surface area contributed by atoms with E-state index in [2.05, 4.69) is 38.2 Å². The number of hydrogen-bond acceptors (Lipinski definition) is 5. The predicted molar refractivity (Wildman–Crippen MR) is 237 cm³/mol. The molecule has 55 heavy (non-hydrogen) atoms. The average Bonchev–Trinajstić information content (AvgIpc) is 3.18. The smallest absolute Gasteiger partial charge is 0.306 e. The molecule has 326 valence electrons. The normalized spacial score (nSPS) is 13.3. The van der Waals surface area contributed by atoms with E-state index >= 15 is 0 Å². The molecule has 3 atom stereocenters. The van der Waals surface area contributed by atoms with Crippen molar-refractivity contribution in [3.63, 3.8) is 0 Å². The molecule has 0 aromatic carbocycles. The molecule has 0 spiro atoms. The average molecular weight is 778 g/mol. The Morgan fingerprint density at radius 2 is 0.873 bits per heavy atom. The summed E-state index contributed by atoms with van der Waals surface area (Å²) in [4.78, 5) is 26.0. The topological polar surface area (TPSA) is 95.9 Å². The summed E-state index contributed by atoms with van der Waals surface area (Å²) in [5.41, 5.74) is 0. The molecule has 3 unspecified atom stereocenters. The van der Waals surface area contributed by atoms with Gasteiger partial charge in [0.25, 0.3) is 0 Å². The van der Waals surface area contributed by atoms with Gasteiger partial charge in [0, 0.05) is 6.42 Å². The highest BCUT2D eigenvalue weighted by atomic mass is 16.5. The third-order valence-corrected chi connectivity index (χ3v) is 11.3. The molecule has 0 aliphatic carbocycles. The lowest BCUT2D eigenvalue weighted by Crippen LogP contribution is -2.46. The summed E-state index contributed by atoms with van der Waals surface area (Å²) in [6.07, 6.45) is 47.0. The van der Waals surface area contributed by atoms with Crippen molar-refractivity contribution in [2.45, 2.75) is 283 Å². The van der Waals surface area contributed by atoms with Crippen molar-refractivity contribution in [1.82, 2.24) is 5.32 Å². The lowest BCUT2D eigenvalue weighted by Gasteiger charge is -2.24. The fraction of sp³-hybridized carbons (Fsp3) is 0.918. The van der Waals surface area contributed by atoms with Gasteiger partial charge >= 0.3 is 5.97 Å². The number of allylic oxidation sites excluding steroid dienone is 2. The van der Waals surface area contributed by atoms with Crippen LogP contribution in [0, 0.1) is 0 Å². The maximum absolute atomic E-state index is 13.1. The Kier molecular flexibility index (Phi) is 42.6. The Bertz CT molecular complexity index is 832. The van der Waals surface area contributed by atoms with Gasteiger partial charge in [0.2, 0.25) is 5.91 Å².